The Kier molecular flexibility index (Phi) is 16.3. The van der Waals surface area contributed by atoms with Crippen LogP contribution in [0.15, 0.2) is 30.4 Å². The molecular formula is C29H48ClNO2. The average molecular weight is 478 g/mol. The van der Waals surface area contributed by atoms with Crippen molar-refractivity contribution in [1.29, 1.82) is 0 Å². The van der Waals surface area contributed by atoms with E-state index < -0.39 is 0 Å². The zero-order valence-corrected chi connectivity index (χ0v) is 22.3. The standard InChI is InChI=1S/C29H47NO2.ClH/c1-4-5-6-7-8-9-10-11-12-13-14-15-16-17-18-19-29(31)32-26-22-20-25-21-23-28(30(2)3)27(25)24-26;/h11-12,20,22,24,28H,4-10,13-19,21,23H2,1-3H3;1H/b12-11-;. The molecule has 1 atom stereocenters. The number of carbonyl (C=O) groups excluding carboxylic acids is 1. The Labute approximate surface area is 209 Å². The van der Waals surface area contributed by atoms with Gasteiger partial charge in [0.25, 0.3) is 0 Å². The number of fused-ring (bicyclic) bond motifs is 1. The minimum Gasteiger partial charge on any atom is -0.427 e. The van der Waals surface area contributed by atoms with Crippen LogP contribution in [0, 0.1) is 0 Å². The van der Waals surface area contributed by atoms with Crippen molar-refractivity contribution in [1.82, 2.24) is 4.90 Å². The van der Waals surface area contributed by atoms with E-state index in [1.807, 2.05) is 6.07 Å². The fraction of sp³-hybridized carbons (Fsp3) is 0.690. The molecule has 0 heterocycles. The van der Waals surface area contributed by atoms with E-state index in [2.05, 4.69) is 50.2 Å². The number of benzene rings is 1. The Hall–Kier alpha value is -1.32. The number of esters is 1. The summed E-state index contributed by atoms with van der Waals surface area (Å²) in [7, 11) is 4.23. The van der Waals surface area contributed by atoms with E-state index in [1.165, 1.54) is 81.8 Å². The van der Waals surface area contributed by atoms with Crippen LogP contribution in [0.1, 0.15) is 120 Å². The van der Waals surface area contributed by atoms with Crippen LogP contribution in [-0.4, -0.2) is 25.0 Å². The van der Waals surface area contributed by atoms with Crippen molar-refractivity contribution in [2.75, 3.05) is 14.1 Å². The van der Waals surface area contributed by atoms with Gasteiger partial charge in [0.15, 0.2) is 0 Å². The third-order valence-corrected chi connectivity index (χ3v) is 6.66. The number of nitrogens with zero attached hydrogens (tertiary/aromatic N) is 1. The molecule has 1 aromatic rings. The van der Waals surface area contributed by atoms with E-state index in [4.69, 9.17) is 4.74 Å². The lowest BCUT2D eigenvalue weighted by atomic mass is 10.1. The van der Waals surface area contributed by atoms with Crippen LogP contribution in [-0.2, 0) is 11.2 Å². The summed E-state index contributed by atoms with van der Waals surface area (Å²) in [5, 5.41) is 0. The molecule has 2 rings (SSSR count). The van der Waals surface area contributed by atoms with Crippen molar-refractivity contribution >= 4 is 18.4 Å². The molecule has 0 amide bonds. The molecule has 4 heteroatoms. The normalized spacial score (nSPS) is 15.1. The van der Waals surface area contributed by atoms with E-state index in [9.17, 15) is 4.79 Å². The maximum absolute atomic E-state index is 12.2. The molecule has 1 aromatic carbocycles. The van der Waals surface area contributed by atoms with Crippen molar-refractivity contribution in [2.24, 2.45) is 0 Å². The summed E-state index contributed by atoms with van der Waals surface area (Å²) in [6.45, 7) is 2.27. The van der Waals surface area contributed by atoms with Gasteiger partial charge in [0.05, 0.1) is 0 Å². The summed E-state index contributed by atoms with van der Waals surface area (Å²) in [6.07, 6.45) is 24.0. The smallest absolute Gasteiger partial charge is 0.311 e. The second-order valence-electron chi connectivity index (χ2n) is 9.69. The molecule has 1 aliphatic carbocycles. The highest BCUT2D eigenvalue weighted by molar-refractivity contribution is 5.85. The molecule has 0 aromatic heterocycles. The first-order chi connectivity index (χ1) is 15.6. The lowest BCUT2D eigenvalue weighted by molar-refractivity contribution is -0.134. The Balaban J connectivity index is 0.00000544. The molecule has 0 spiro atoms. The van der Waals surface area contributed by atoms with Crippen LogP contribution in [0.5, 0.6) is 5.75 Å². The van der Waals surface area contributed by atoms with Crippen molar-refractivity contribution in [3.05, 3.63) is 41.5 Å². The third-order valence-electron chi connectivity index (χ3n) is 6.66. The second-order valence-corrected chi connectivity index (χ2v) is 9.69. The summed E-state index contributed by atoms with van der Waals surface area (Å²) in [5.41, 5.74) is 2.71. The number of ether oxygens (including phenoxy) is 1. The molecule has 0 N–H and O–H groups in total. The van der Waals surface area contributed by atoms with E-state index in [1.54, 1.807) is 0 Å². The molecule has 0 aliphatic heterocycles. The Morgan fingerprint density at radius 3 is 2.18 bits per heavy atom. The molecule has 1 aliphatic rings. The maximum atomic E-state index is 12.2. The highest BCUT2D eigenvalue weighted by atomic mass is 35.5. The number of allylic oxidation sites excluding steroid dienone is 2. The zero-order valence-electron chi connectivity index (χ0n) is 21.4. The molecule has 0 saturated carbocycles. The van der Waals surface area contributed by atoms with Gasteiger partial charge in [-0.1, -0.05) is 76.5 Å². The zero-order chi connectivity index (χ0) is 23.0. The minimum atomic E-state index is -0.0954. The van der Waals surface area contributed by atoms with Gasteiger partial charge in [-0.25, -0.2) is 0 Å². The van der Waals surface area contributed by atoms with Crippen LogP contribution >= 0.6 is 12.4 Å². The van der Waals surface area contributed by atoms with Crippen molar-refractivity contribution in [2.45, 2.75) is 116 Å². The lowest BCUT2D eigenvalue weighted by Crippen LogP contribution is -2.17. The van der Waals surface area contributed by atoms with Gasteiger partial charge < -0.3 is 9.64 Å². The molecule has 0 saturated heterocycles. The van der Waals surface area contributed by atoms with E-state index in [0.717, 1.165) is 25.7 Å². The van der Waals surface area contributed by atoms with E-state index >= 15 is 0 Å². The Morgan fingerprint density at radius 1 is 0.939 bits per heavy atom. The third kappa shape index (κ3) is 12.1. The number of hydrogen-bond donors (Lipinski definition) is 0. The molecule has 1 unspecified atom stereocenters. The van der Waals surface area contributed by atoms with Gasteiger partial charge in [-0.3, -0.25) is 4.79 Å². The van der Waals surface area contributed by atoms with Gasteiger partial charge >= 0.3 is 5.97 Å². The first-order valence-corrected chi connectivity index (χ1v) is 13.3. The largest absolute Gasteiger partial charge is 0.427 e. The fourth-order valence-corrected chi connectivity index (χ4v) is 4.68. The summed E-state index contributed by atoms with van der Waals surface area (Å²) in [4.78, 5) is 14.5. The lowest BCUT2D eigenvalue weighted by Gasteiger charge is -2.20. The molecule has 3 nitrogen and oxygen atoms in total. The molecule has 0 fully saturated rings. The minimum absolute atomic E-state index is 0. The van der Waals surface area contributed by atoms with E-state index in [0.29, 0.717) is 18.2 Å². The van der Waals surface area contributed by atoms with Gasteiger partial charge in [-0.15, -0.1) is 12.4 Å². The Morgan fingerprint density at radius 2 is 1.55 bits per heavy atom. The first-order valence-electron chi connectivity index (χ1n) is 13.3. The fourth-order valence-electron chi connectivity index (χ4n) is 4.68. The quantitative estimate of drug-likeness (QED) is 0.0972. The summed E-state index contributed by atoms with van der Waals surface area (Å²) >= 11 is 0. The monoisotopic (exact) mass is 477 g/mol. The van der Waals surface area contributed by atoms with Gasteiger partial charge in [0.1, 0.15) is 5.75 Å². The van der Waals surface area contributed by atoms with Crippen LogP contribution in [0.2, 0.25) is 0 Å². The predicted octanol–water partition coefficient (Wildman–Crippen LogP) is 8.60. The second kappa shape index (κ2) is 18.1. The summed E-state index contributed by atoms with van der Waals surface area (Å²) in [6, 6.07) is 6.59. The SMILES string of the molecule is CCCCCCCC/C=C\CCCCCCCC(=O)Oc1ccc2c(c1)C(N(C)C)CC2.Cl. The predicted molar refractivity (Wildman–Crippen MR) is 144 cm³/mol. The topological polar surface area (TPSA) is 29.5 Å². The summed E-state index contributed by atoms with van der Waals surface area (Å²) < 4.78 is 5.62. The van der Waals surface area contributed by atoms with Gasteiger partial charge in [0.2, 0.25) is 0 Å². The highest BCUT2D eigenvalue weighted by Crippen LogP contribution is 2.36. The molecule has 188 valence electrons. The van der Waals surface area contributed by atoms with Crippen LogP contribution < -0.4 is 4.74 Å². The first kappa shape index (κ1) is 29.7. The van der Waals surface area contributed by atoms with Crippen LogP contribution in [0.25, 0.3) is 0 Å². The average Bonchev–Trinajstić information content (AvgIpc) is 3.20. The number of carbonyl (C=O) groups is 1. The molecular weight excluding hydrogens is 430 g/mol. The molecule has 33 heavy (non-hydrogen) atoms. The summed E-state index contributed by atoms with van der Waals surface area (Å²) in [5.74, 6) is 0.609. The van der Waals surface area contributed by atoms with Gasteiger partial charge in [0, 0.05) is 12.5 Å². The van der Waals surface area contributed by atoms with Gasteiger partial charge in [-0.2, -0.15) is 0 Å². The number of halogens is 1. The Bertz CT molecular complexity index is 686. The van der Waals surface area contributed by atoms with Crippen molar-refractivity contribution < 1.29 is 9.53 Å². The number of hydrogen-bond acceptors (Lipinski definition) is 3. The van der Waals surface area contributed by atoms with Crippen LogP contribution in [0.3, 0.4) is 0 Å². The highest BCUT2D eigenvalue weighted by Gasteiger charge is 2.24. The number of unbranched alkanes of at least 4 members (excludes halogenated alkanes) is 11. The van der Waals surface area contributed by atoms with Gasteiger partial charge in [-0.05, 0) is 82.3 Å². The van der Waals surface area contributed by atoms with Crippen LogP contribution in [0.4, 0.5) is 0 Å². The van der Waals surface area contributed by atoms with Crippen molar-refractivity contribution in [3.63, 3.8) is 0 Å². The number of rotatable bonds is 17. The molecule has 0 radical (unpaired) electrons. The maximum Gasteiger partial charge on any atom is 0.311 e. The number of aryl methyl sites for hydroxylation is 1. The molecule has 0 bridgehead atoms. The van der Waals surface area contributed by atoms with Crippen molar-refractivity contribution in [3.8, 4) is 5.75 Å². The van der Waals surface area contributed by atoms with E-state index in [-0.39, 0.29) is 18.4 Å².